The fourth-order valence-electron chi connectivity index (χ4n) is 4.24. The minimum atomic E-state index is -1.00. The van der Waals surface area contributed by atoms with Crippen LogP contribution in [0.1, 0.15) is 54.3 Å². The molecule has 1 aliphatic carbocycles. The van der Waals surface area contributed by atoms with E-state index in [4.69, 9.17) is 32.7 Å². The average Bonchev–Trinajstić information content (AvgIpc) is 3.06. The van der Waals surface area contributed by atoms with Gasteiger partial charge in [0.05, 0.1) is 11.3 Å². The second-order valence-corrected chi connectivity index (χ2v) is 10.1. The zero-order valence-corrected chi connectivity index (χ0v) is 20.7. The Bertz CT molecular complexity index is 1090. The van der Waals surface area contributed by atoms with Gasteiger partial charge in [-0.1, -0.05) is 37.0 Å². The maximum atomic E-state index is 13.0. The molecule has 2 aromatic carbocycles. The Morgan fingerprint density at radius 1 is 0.794 bits per heavy atom. The zero-order valence-electron chi connectivity index (χ0n) is 19.2. The number of hydrogen-bond acceptors (Lipinski definition) is 6. The van der Waals surface area contributed by atoms with Crippen LogP contribution in [0.15, 0.2) is 48.5 Å². The molecular formula is C26H26Cl2O6. The standard InChI is InChI=1S/C26H26Cl2O6/c1-25(2)20(23(31)33-14-21(29)16-4-8-18(27)9-5-16)12-13-26(25,3)24(32)34-15-22(30)17-6-10-19(28)11-7-17/h4-11,20H,12-15H2,1-3H3/t20-,26-/m1/s1. The number of hydrogen-bond donors (Lipinski definition) is 0. The minimum absolute atomic E-state index is 0.344. The van der Waals surface area contributed by atoms with Gasteiger partial charge in [-0.3, -0.25) is 19.2 Å². The van der Waals surface area contributed by atoms with Crippen molar-refractivity contribution in [3.05, 3.63) is 69.7 Å². The Labute approximate surface area is 208 Å². The first-order chi connectivity index (χ1) is 16.0. The topological polar surface area (TPSA) is 86.7 Å². The molecular weight excluding hydrogens is 479 g/mol. The summed E-state index contributed by atoms with van der Waals surface area (Å²) < 4.78 is 10.7. The number of esters is 2. The number of ketones is 2. The first-order valence-corrected chi connectivity index (χ1v) is 11.6. The Hall–Kier alpha value is -2.70. The van der Waals surface area contributed by atoms with Gasteiger partial charge in [0.1, 0.15) is 0 Å². The minimum Gasteiger partial charge on any atom is -0.457 e. The Morgan fingerprint density at radius 2 is 1.24 bits per heavy atom. The summed E-state index contributed by atoms with van der Waals surface area (Å²) >= 11 is 11.7. The number of carbonyl (C=O) groups excluding carboxylic acids is 4. The maximum absolute atomic E-state index is 13.0. The summed E-state index contributed by atoms with van der Waals surface area (Å²) in [5, 5.41) is 1.00. The largest absolute Gasteiger partial charge is 0.457 e. The normalized spacial score (nSPS) is 21.0. The Morgan fingerprint density at radius 3 is 1.71 bits per heavy atom. The van der Waals surface area contributed by atoms with Crippen LogP contribution >= 0.6 is 23.2 Å². The van der Waals surface area contributed by atoms with E-state index in [1.54, 1.807) is 69.3 Å². The molecule has 0 heterocycles. The molecule has 0 spiro atoms. The first-order valence-electron chi connectivity index (χ1n) is 10.9. The molecule has 8 heteroatoms. The molecule has 0 N–H and O–H groups in total. The summed E-state index contributed by atoms with van der Waals surface area (Å²) in [6.45, 7) is 4.53. The van der Waals surface area contributed by atoms with E-state index in [-0.39, 0.29) is 11.6 Å². The van der Waals surface area contributed by atoms with Crippen LogP contribution in [0.4, 0.5) is 0 Å². The van der Waals surface area contributed by atoms with E-state index in [1.165, 1.54) is 0 Å². The third-order valence-corrected chi connectivity index (χ3v) is 7.48. The van der Waals surface area contributed by atoms with E-state index in [0.717, 1.165) is 0 Å². The predicted octanol–water partition coefficient (Wildman–Crippen LogP) is 5.59. The van der Waals surface area contributed by atoms with Crippen molar-refractivity contribution in [2.24, 2.45) is 16.7 Å². The summed E-state index contributed by atoms with van der Waals surface area (Å²) in [5.41, 5.74) is -1.04. The average molecular weight is 505 g/mol. The van der Waals surface area contributed by atoms with Crippen molar-refractivity contribution in [3.8, 4) is 0 Å². The molecule has 3 rings (SSSR count). The van der Waals surface area contributed by atoms with Crippen molar-refractivity contribution < 1.29 is 28.7 Å². The molecule has 180 valence electrons. The van der Waals surface area contributed by atoms with Crippen LogP contribution in [0.25, 0.3) is 0 Å². The van der Waals surface area contributed by atoms with Crippen LogP contribution in [-0.4, -0.2) is 36.7 Å². The third-order valence-electron chi connectivity index (χ3n) is 6.97. The second kappa shape index (κ2) is 10.3. The molecule has 0 bridgehead atoms. The lowest BCUT2D eigenvalue weighted by Crippen LogP contribution is -2.44. The van der Waals surface area contributed by atoms with Crippen LogP contribution < -0.4 is 0 Å². The molecule has 2 atom stereocenters. The highest BCUT2D eigenvalue weighted by atomic mass is 35.5. The lowest BCUT2D eigenvalue weighted by Gasteiger charge is -2.38. The van der Waals surface area contributed by atoms with Gasteiger partial charge in [-0.05, 0) is 73.7 Å². The van der Waals surface area contributed by atoms with E-state index in [1.807, 2.05) is 0 Å². The fraction of sp³-hybridized carbons (Fsp3) is 0.385. The van der Waals surface area contributed by atoms with E-state index in [2.05, 4.69) is 0 Å². The van der Waals surface area contributed by atoms with Crippen LogP contribution in [0.5, 0.6) is 0 Å². The van der Waals surface area contributed by atoms with Gasteiger partial charge >= 0.3 is 11.9 Å². The lowest BCUT2D eigenvalue weighted by atomic mass is 9.65. The summed E-state index contributed by atoms with van der Waals surface area (Å²) in [6, 6.07) is 12.6. The summed E-state index contributed by atoms with van der Waals surface area (Å²) in [6.07, 6.45) is 0.788. The van der Waals surface area contributed by atoms with Gasteiger partial charge < -0.3 is 9.47 Å². The summed E-state index contributed by atoms with van der Waals surface area (Å²) in [7, 11) is 0. The number of benzene rings is 2. The van der Waals surface area contributed by atoms with Crippen LogP contribution in [0, 0.1) is 16.7 Å². The fourth-order valence-corrected chi connectivity index (χ4v) is 4.50. The molecule has 0 aliphatic heterocycles. The number of carbonyl (C=O) groups is 4. The highest BCUT2D eigenvalue weighted by Gasteiger charge is 2.59. The van der Waals surface area contributed by atoms with Crippen molar-refractivity contribution in [2.75, 3.05) is 13.2 Å². The Balaban J connectivity index is 1.59. The summed E-state index contributed by atoms with van der Waals surface area (Å²) in [5.74, 6) is -2.38. The summed E-state index contributed by atoms with van der Waals surface area (Å²) in [4.78, 5) is 50.5. The zero-order chi connectivity index (χ0) is 25.1. The smallest absolute Gasteiger partial charge is 0.312 e. The molecule has 1 fully saturated rings. The maximum Gasteiger partial charge on any atom is 0.312 e. The van der Waals surface area contributed by atoms with Gasteiger partial charge in [0, 0.05) is 21.2 Å². The van der Waals surface area contributed by atoms with Crippen molar-refractivity contribution in [3.63, 3.8) is 0 Å². The first kappa shape index (κ1) is 25.9. The number of rotatable bonds is 8. The Kier molecular flexibility index (Phi) is 7.84. The highest BCUT2D eigenvalue weighted by Crippen LogP contribution is 2.56. The van der Waals surface area contributed by atoms with Gasteiger partial charge in [0.2, 0.25) is 0 Å². The second-order valence-electron chi connectivity index (χ2n) is 9.19. The van der Waals surface area contributed by atoms with Crippen molar-refractivity contribution in [2.45, 2.75) is 33.6 Å². The van der Waals surface area contributed by atoms with E-state index >= 15 is 0 Å². The van der Waals surface area contributed by atoms with Crippen LogP contribution in [0.3, 0.4) is 0 Å². The van der Waals surface area contributed by atoms with Gasteiger partial charge in [-0.25, -0.2) is 0 Å². The molecule has 2 aromatic rings. The number of halogens is 2. The molecule has 1 aliphatic rings. The van der Waals surface area contributed by atoms with Gasteiger partial charge in [-0.15, -0.1) is 0 Å². The lowest BCUT2D eigenvalue weighted by molar-refractivity contribution is -0.164. The molecule has 0 saturated heterocycles. The molecule has 0 radical (unpaired) electrons. The van der Waals surface area contributed by atoms with Crippen LogP contribution in [0.2, 0.25) is 10.0 Å². The highest BCUT2D eigenvalue weighted by molar-refractivity contribution is 6.31. The molecule has 34 heavy (non-hydrogen) atoms. The number of Topliss-reactive ketones (excluding diaryl/α,β-unsaturated/α-hetero) is 2. The monoisotopic (exact) mass is 504 g/mol. The predicted molar refractivity (Wildman–Crippen MR) is 128 cm³/mol. The molecule has 0 amide bonds. The van der Waals surface area contributed by atoms with Crippen molar-refractivity contribution in [1.29, 1.82) is 0 Å². The van der Waals surface area contributed by atoms with E-state index < -0.39 is 41.9 Å². The molecule has 1 saturated carbocycles. The van der Waals surface area contributed by atoms with Gasteiger partial charge in [-0.2, -0.15) is 0 Å². The van der Waals surface area contributed by atoms with Crippen LogP contribution in [-0.2, 0) is 19.1 Å². The SMILES string of the molecule is CC1(C)[C@@H](C(=O)OCC(=O)c2ccc(Cl)cc2)CC[C@]1(C)C(=O)OCC(=O)c1ccc(Cl)cc1. The van der Waals surface area contributed by atoms with Crippen molar-refractivity contribution in [1.82, 2.24) is 0 Å². The quantitative estimate of drug-likeness (QED) is 0.344. The molecule has 0 aromatic heterocycles. The van der Waals surface area contributed by atoms with Gasteiger partial charge in [0.15, 0.2) is 24.8 Å². The van der Waals surface area contributed by atoms with E-state index in [0.29, 0.717) is 34.0 Å². The third kappa shape index (κ3) is 5.34. The number of ether oxygens (including phenoxy) is 2. The molecule has 0 unspecified atom stereocenters. The molecule has 6 nitrogen and oxygen atoms in total. The van der Waals surface area contributed by atoms with Crippen molar-refractivity contribution >= 4 is 46.7 Å². The van der Waals surface area contributed by atoms with Gasteiger partial charge in [0.25, 0.3) is 0 Å². The van der Waals surface area contributed by atoms with E-state index in [9.17, 15) is 19.2 Å².